The summed E-state index contributed by atoms with van der Waals surface area (Å²) in [6.45, 7) is 4.18. The zero-order chi connectivity index (χ0) is 13.4. The van der Waals surface area contributed by atoms with Crippen LogP contribution in [0.2, 0.25) is 0 Å². The zero-order valence-corrected chi connectivity index (χ0v) is 12.0. The first-order valence-electron chi connectivity index (χ1n) is 6.67. The maximum Gasteiger partial charge on any atom is 0.209 e. The van der Waals surface area contributed by atoms with Crippen molar-refractivity contribution in [1.29, 1.82) is 0 Å². The van der Waals surface area contributed by atoms with E-state index in [-0.39, 0.29) is 11.9 Å². The summed E-state index contributed by atoms with van der Waals surface area (Å²) < 4.78 is 32.7. The molecular weight excluding hydrogens is 254 g/mol. The molecule has 0 aliphatic carbocycles. The molecule has 1 heterocycles. The number of rotatable bonds is 8. The van der Waals surface area contributed by atoms with Crippen LogP contribution in [0.5, 0.6) is 0 Å². The molecule has 0 bridgehead atoms. The molecule has 2 unspecified atom stereocenters. The van der Waals surface area contributed by atoms with Gasteiger partial charge >= 0.3 is 0 Å². The Morgan fingerprint density at radius 2 is 2.17 bits per heavy atom. The van der Waals surface area contributed by atoms with E-state index in [1.165, 1.54) is 6.42 Å². The molecule has 0 aromatic rings. The van der Waals surface area contributed by atoms with Crippen molar-refractivity contribution in [3.63, 3.8) is 0 Å². The minimum Gasteiger partial charge on any atom is -0.379 e. The van der Waals surface area contributed by atoms with Crippen LogP contribution < -0.4 is 5.14 Å². The summed E-state index contributed by atoms with van der Waals surface area (Å²) in [7, 11) is -3.33. The highest BCUT2D eigenvalue weighted by Crippen LogP contribution is 2.13. The topological polar surface area (TPSA) is 78.6 Å². The SMILES string of the molecule is CC(CCOCC1CCCCO1)CCS(N)(=O)=O. The number of sulfonamides is 1. The molecule has 6 heteroatoms. The summed E-state index contributed by atoms with van der Waals surface area (Å²) >= 11 is 0. The molecule has 2 N–H and O–H groups in total. The van der Waals surface area contributed by atoms with Crippen molar-refractivity contribution < 1.29 is 17.9 Å². The Kier molecular flexibility index (Phi) is 7.14. The van der Waals surface area contributed by atoms with Crippen LogP contribution in [0.4, 0.5) is 0 Å². The van der Waals surface area contributed by atoms with E-state index in [4.69, 9.17) is 14.6 Å². The van der Waals surface area contributed by atoms with Crippen LogP contribution in [0.15, 0.2) is 0 Å². The molecule has 5 nitrogen and oxygen atoms in total. The summed E-state index contributed by atoms with van der Waals surface area (Å²) in [5.74, 6) is 0.371. The summed E-state index contributed by atoms with van der Waals surface area (Å²) in [6, 6.07) is 0. The fourth-order valence-electron chi connectivity index (χ4n) is 1.95. The monoisotopic (exact) mass is 279 g/mol. The Morgan fingerprint density at radius 3 is 2.78 bits per heavy atom. The Hall–Kier alpha value is -0.170. The van der Waals surface area contributed by atoms with Crippen LogP contribution in [-0.2, 0) is 19.5 Å². The van der Waals surface area contributed by atoms with E-state index < -0.39 is 10.0 Å². The average Bonchev–Trinajstić information content (AvgIpc) is 2.33. The van der Waals surface area contributed by atoms with Gasteiger partial charge in [0.25, 0.3) is 0 Å². The smallest absolute Gasteiger partial charge is 0.209 e. The molecule has 1 aliphatic rings. The van der Waals surface area contributed by atoms with Crippen molar-refractivity contribution in [3.05, 3.63) is 0 Å². The van der Waals surface area contributed by atoms with Gasteiger partial charge in [0, 0.05) is 13.2 Å². The highest BCUT2D eigenvalue weighted by Gasteiger charge is 2.14. The molecule has 108 valence electrons. The van der Waals surface area contributed by atoms with Crippen LogP contribution in [-0.4, -0.2) is 40.1 Å². The third-order valence-corrected chi connectivity index (χ3v) is 4.03. The van der Waals surface area contributed by atoms with Gasteiger partial charge in [-0.3, -0.25) is 0 Å². The van der Waals surface area contributed by atoms with Crippen molar-refractivity contribution in [2.45, 2.75) is 45.1 Å². The van der Waals surface area contributed by atoms with Gasteiger partial charge in [-0.2, -0.15) is 0 Å². The summed E-state index contributed by atoms with van der Waals surface area (Å²) in [6.07, 6.45) is 5.17. The molecular formula is C12H25NO4S. The molecule has 1 saturated heterocycles. The predicted molar refractivity (Wildman–Crippen MR) is 70.8 cm³/mol. The van der Waals surface area contributed by atoms with Crippen LogP contribution in [0.25, 0.3) is 0 Å². The summed E-state index contributed by atoms with van der Waals surface area (Å²) in [5.41, 5.74) is 0. The lowest BCUT2D eigenvalue weighted by Gasteiger charge is -2.22. The van der Waals surface area contributed by atoms with Gasteiger partial charge in [0.15, 0.2) is 0 Å². The quantitative estimate of drug-likeness (QED) is 0.679. The molecule has 0 aromatic carbocycles. The maximum atomic E-state index is 10.8. The van der Waals surface area contributed by atoms with Gasteiger partial charge in [-0.05, 0) is 38.0 Å². The van der Waals surface area contributed by atoms with E-state index in [0.29, 0.717) is 25.6 Å². The molecule has 0 amide bonds. The lowest BCUT2D eigenvalue weighted by Crippen LogP contribution is -2.25. The lowest BCUT2D eigenvalue weighted by molar-refractivity contribution is -0.0422. The average molecular weight is 279 g/mol. The van der Waals surface area contributed by atoms with Crippen molar-refractivity contribution in [1.82, 2.24) is 0 Å². The third kappa shape index (κ3) is 8.02. The largest absolute Gasteiger partial charge is 0.379 e. The fourth-order valence-corrected chi connectivity index (χ4v) is 2.68. The lowest BCUT2D eigenvalue weighted by atomic mass is 10.1. The van der Waals surface area contributed by atoms with Gasteiger partial charge in [0.1, 0.15) is 0 Å². The Labute approximate surface area is 110 Å². The predicted octanol–water partition coefficient (Wildman–Crippen LogP) is 1.28. The number of nitrogens with two attached hydrogens (primary N) is 1. The molecule has 1 rings (SSSR count). The standard InChI is InChI=1S/C12H25NO4S/c1-11(6-9-18(13,14)15)5-8-16-10-12-4-2-3-7-17-12/h11-12H,2-10H2,1H3,(H2,13,14,15). The van der Waals surface area contributed by atoms with Gasteiger partial charge in [-0.15, -0.1) is 0 Å². The highest BCUT2D eigenvalue weighted by atomic mass is 32.2. The molecule has 0 aromatic heterocycles. The van der Waals surface area contributed by atoms with Crippen LogP contribution in [0, 0.1) is 5.92 Å². The molecule has 0 spiro atoms. The first kappa shape index (κ1) is 15.9. The maximum absolute atomic E-state index is 10.8. The fraction of sp³-hybridized carbons (Fsp3) is 1.00. The molecule has 1 fully saturated rings. The van der Waals surface area contributed by atoms with E-state index in [2.05, 4.69) is 0 Å². The second-order valence-electron chi connectivity index (χ2n) is 5.11. The molecule has 2 atom stereocenters. The minimum absolute atomic E-state index is 0.0555. The van der Waals surface area contributed by atoms with Gasteiger partial charge in [0.2, 0.25) is 10.0 Å². The summed E-state index contributed by atoms with van der Waals surface area (Å²) in [4.78, 5) is 0. The van der Waals surface area contributed by atoms with E-state index in [0.717, 1.165) is 25.9 Å². The number of hydrogen-bond acceptors (Lipinski definition) is 4. The second kappa shape index (κ2) is 8.09. The number of hydrogen-bond donors (Lipinski definition) is 1. The molecule has 0 saturated carbocycles. The van der Waals surface area contributed by atoms with Crippen molar-refractivity contribution in [3.8, 4) is 0 Å². The van der Waals surface area contributed by atoms with E-state index in [9.17, 15) is 8.42 Å². The van der Waals surface area contributed by atoms with Gasteiger partial charge < -0.3 is 9.47 Å². The minimum atomic E-state index is -3.33. The number of primary sulfonamides is 1. The van der Waals surface area contributed by atoms with Crippen LogP contribution in [0.1, 0.15) is 39.0 Å². The Morgan fingerprint density at radius 1 is 1.39 bits per heavy atom. The molecule has 1 aliphatic heterocycles. The van der Waals surface area contributed by atoms with E-state index in [1.807, 2.05) is 6.92 Å². The normalized spacial score (nSPS) is 22.9. The van der Waals surface area contributed by atoms with Gasteiger partial charge in [-0.1, -0.05) is 6.92 Å². The van der Waals surface area contributed by atoms with Crippen molar-refractivity contribution in [2.24, 2.45) is 11.1 Å². The Bertz CT molecular complexity index is 312. The van der Waals surface area contributed by atoms with Crippen LogP contribution in [0.3, 0.4) is 0 Å². The molecule has 18 heavy (non-hydrogen) atoms. The molecule has 0 radical (unpaired) electrons. The Balaban J connectivity index is 1.99. The van der Waals surface area contributed by atoms with E-state index >= 15 is 0 Å². The highest BCUT2D eigenvalue weighted by molar-refractivity contribution is 7.89. The first-order valence-corrected chi connectivity index (χ1v) is 8.39. The van der Waals surface area contributed by atoms with Gasteiger partial charge in [0.05, 0.1) is 18.5 Å². The van der Waals surface area contributed by atoms with E-state index in [1.54, 1.807) is 0 Å². The van der Waals surface area contributed by atoms with Gasteiger partial charge in [-0.25, -0.2) is 13.6 Å². The summed E-state index contributed by atoms with van der Waals surface area (Å²) in [5, 5.41) is 4.96. The third-order valence-electron chi connectivity index (χ3n) is 3.23. The second-order valence-corrected chi connectivity index (χ2v) is 6.85. The van der Waals surface area contributed by atoms with Crippen molar-refractivity contribution in [2.75, 3.05) is 25.6 Å². The van der Waals surface area contributed by atoms with Crippen LogP contribution >= 0.6 is 0 Å². The number of ether oxygens (including phenoxy) is 2. The zero-order valence-electron chi connectivity index (χ0n) is 11.1. The van der Waals surface area contributed by atoms with Crippen molar-refractivity contribution >= 4 is 10.0 Å². The first-order chi connectivity index (χ1) is 8.47.